The molecule has 2 unspecified atom stereocenters. The molecule has 2 aromatic carbocycles. The van der Waals surface area contributed by atoms with Crippen LogP contribution in [0.3, 0.4) is 0 Å². The fourth-order valence-corrected chi connectivity index (χ4v) is 3.18. The summed E-state index contributed by atoms with van der Waals surface area (Å²) in [5.41, 5.74) is 1.70. The Kier molecular flexibility index (Phi) is 4.08. The molecule has 0 saturated heterocycles. The summed E-state index contributed by atoms with van der Waals surface area (Å²) in [6.07, 6.45) is 5.03. The summed E-state index contributed by atoms with van der Waals surface area (Å²) in [6, 6.07) is 14.1. The SMILES string of the molecule is N#Cc1ccc(NC2CCCCCC2O)c2ccccc12. The lowest BCUT2D eigenvalue weighted by Crippen LogP contribution is -2.32. The van der Waals surface area contributed by atoms with Crippen LogP contribution in [0.1, 0.15) is 37.7 Å². The van der Waals surface area contributed by atoms with Crippen LogP contribution in [0.4, 0.5) is 5.69 Å². The van der Waals surface area contributed by atoms with Gasteiger partial charge in [0.25, 0.3) is 0 Å². The molecule has 0 amide bonds. The number of anilines is 1. The van der Waals surface area contributed by atoms with E-state index in [1.807, 2.05) is 36.4 Å². The summed E-state index contributed by atoms with van der Waals surface area (Å²) in [5, 5.41) is 25.0. The van der Waals surface area contributed by atoms with E-state index in [0.29, 0.717) is 5.56 Å². The van der Waals surface area contributed by atoms with Gasteiger partial charge in [-0.3, -0.25) is 0 Å². The Morgan fingerprint density at radius 3 is 2.57 bits per heavy atom. The number of rotatable bonds is 2. The smallest absolute Gasteiger partial charge is 0.0998 e. The van der Waals surface area contributed by atoms with Crippen LogP contribution in [-0.2, 0) is 0 Å². The summed E-state index contributed by atoms with van der Waals surface area (Å²) in [4.78, 5) is 0. The maximum absolute atomic E-state index is 10.3. The number of aliphatic hydroxyl groups excluding tert-OH is 1. The molecule has 2 aromatic rings. The van der Waals surface area contributed by atoms with Crippen LogP contribution in [0.5, 0.6) is 0 Å². The van der Waals surface area contributed by atoms with Gasteiger partial charge in [-0.2, -0.15) is 5.26 Å². The number of nitriles is 1. The van der Waals surface area contributed by atoms with Crippen LogP contribution >= 0.6 is 0 Å². The minimum absolute atomic E-state index is 0.101. The largest absolute Gasteiger partial charge is 0.391 e. The monoisotopic (exact) mass is 280 g/mol. The topological polar surface area (TPSA) is 56.0 Å². The maximum Gasteiger partial charge on any atom is 0.0998 e. The minimum atomic E-state index is -0.290. The standard InChI is InChI=1S/C18H20N2O/c19-12-13-10-11-16(15-7-5-4-6-14(13)15)20-17-8-2-1-3-9-18(17)21/h4-7,10-11,17-18,20-21H,1-3,8-9H2. The Morgan fingerprint density at radius 2 is 1.76 bits per heavy atom. The van der Waals surface area contributed by atoms with E-state index in [9.17, 15) is 10.4 Å². The molecule has 3 heteroatoms. The number of fused-ring (bicyclic) bond motifs is 1. The Bertz CT molecular complexity index is 674. The average Bonchev–Trinajstić information content (AvgIpc) is 2.72. The van der Waals surface area contributed by atoms with Gasteiger partial charge in [0.05, 0.1) is 23.8 Å². The highest BCUT2D eigenvalue weighted by Crippen LogP contribution is 2.29. The van der Waals surface area contributed by atoms with E-state index in [2.05, 4.69) is 11.4 Å². The van der Waals surface area contributed by atoms with Crippen molar-refractivity contribution in [1.82, 2.24) is 0 Å². The Hall–Kier alpha value is -2.05. The minimum Gasteiger partial charge on any atom is -0.391 e. The first-order chi connectivity index (χ1) is 10.3. The van der Waals surface area contributed by atoms with Crippen molar-refractivity contribution in [2.24, 2.45) is 0 Å². The third-order valence-corrected chi connectivity index (χ3v) is 4.36. The predicted octanol–water partition coefficient (Wildman–Crippen LogP) is 3.82. The van der Waals surface area contributed by atoms with Gasteiger partial charge in [0, 0.05) is 16.5 Å². The molecule has 3 rings (SSSR count). The molecule has 1 fully saturated rings. The summed E-state index contributed by atoms with van der Waals surface area (Å²) in [5.74, 6) is 0. The predicted molar refractivity (Wildman–Crippen MR) is 85.2 cm³/mol. The van der Waals surface area contributed by atoms with Crippen LogP contribution in [0, 0.1) is 11.3 Å². The first-order valence-electron chi connectivity index (χ1n) is 7.66. The molecule has 1 aliphatic rings. The summed E-state index contributed by atoms with van der Waals surface area (Å²) in [6.45, 7) is 0. The number of benzene rings is 2. The Labute approximate surface area is 125 Å². The highest BCUT2D eigenvalue weighted by atomic mass is 16.3. The first-order valence-corrected chi connectivity index (χ1v) is 7.66. The second kappa shape index (κ2) is 6.15. The van der Waals surface area contributed by atoms with Gasteiger partial charge >= 0.3 is 0 Å². The zero-order valence-electron chi connectivity index (χ0n) is 12.0. The van der Waals surface area contributed by atoms with E-state index < -0.39 is 0 Å². The lowest BCUT2D eigenvalue weighted by Gasteiger charge is -2.24. The van der Waals surface area contributed by atoms with Crippen molar-refractivity contribution in [2.45, 2.75) is 44.2 Å². The van der Waals surface area contributed by atoms with Crippen LogP contribution in [-0.4, -0.2) is 17.3 Å². The van der Waals surface area contributed by atoms with Gasteiger partial charge in [0.15, 0.2) is 0 Å². The normalized spacial score (nSPS) is 22.5. The van der Waals surface area contributed by atoms with Crippen LogP contribution in [0.2, 0.25) is 0 Å². The maximum atomic E-state index is 10.3. The molecule has 0 aromatic heterocycles. The van der Waals surface area contributed by atoms with Gasteiger partial charge in [-0.05, 0) is 25.0 Å². The van der Waals surface area contributed by atoms with Crippen molar-refractivity contribution < 1.29 is 5.11 Å². The highest BCUT2D eigenvalue weighted by molar-refractivity contribution is 5.97. The average molecular weight is 280 g/mol. The fourth-order valence-electron chi connectivity index (χ4n) is 3.18. The zero-order valence-corrected chi connectivity index (χ0v) is 12.0. The molecule has 3 nitrogen and oxygen atoms in total. The second-order valence-electron chi connectivity index (χ2n) is 5.77. The van der Waals surface area contributed by atoms with E-state index in [4.69, 9.17) is 0 Å². The number of hydrogen-bond acceptors (Lipinski definition) is 3. The quantitative estimate of drug-likeness (QED) is 0.822. The molecule has 108 valence electrons. The molecule has 0 aliphatic heterocycles. The van der Waals surface area contributed by atoms with Crippen LogP contribution in [0.25, 0.3) is 10.8 Å². The first kappa shape index (κ1) is 13.9. The number of aliphatic hydroxyl groups is 1. The van der Waals surface area contributed by atoms with E-state index in [0.717, 1.165) is 42.1 Å². The third-order valence-electron chi connectivity index (χ3n) is 4.36. The van der Waals surface area contributed by atoms with Crippen molar-refractivity contribution in [3.05, 3.63) is 42.0 Å². The molecule has 2 N–H and O–H groups in total. The van der Waals surface area contributed by atoms with Gasteiger partial charge in [0.2, 0.25) is 0 Å². The molecule has 0 spiro atoms. The molecule has 21 heavy (non-hydrogen) atoms. The van der Waals surface area contributed by atoms with Crippen LogP contribution < -0.4 is 5.32 Å². The number of nitrogens with zero attached hydrogens (tertiary/aromatic N) is 1. The van der Waals surface area contributed by atoms with E-state index in [1.54, 1.807) is 0 Å². The van der Waals surface area contributed by atoms with Crippen molar-refractivity contribution >= 4 is 16.5 Å². The van der Waals surface area contributed by atoms with Gasteiger partial charge in [0.1, 0.15) is 0 Å². The second-order valence-corrected chi connectivity index (χ2v) is 5.77. The molecular weight excluding hydrogens is 260 g/mol. The van der Waals surface area contributed by atoms with E-state index in [1.165, 1.54) is 6.42 Å². The van der Waals surface area contributed by atoms with Crippen molar-refractivity contribution in [3.8, 4) is 6.07 Å². The summed E-state index contributed by atoms with van der Waals surface area (Å²) < 4.78 is 0. The highest BCUT2D eigenvalue weighted by Gasteiger charge is 2.22. The molecule has 1 saturated carbocycles. The number of nitrogens with one attached hydrogen (secondary N) is 1. The zero-order chi connectivity index (χ0) is 14.7. The van der Waals surface area contributed by atoms with E-state index in [-0.39, 0.29) is 12.1 Å². The van der Waals surface area contributed by atoms with Gasteiger partial charge in [-0.1, -0.05) is 43.5 Å². The Balaban J connectivity index is 1.96. The molecule has 0 radical (unpaired) electrons. The fraction of sp³-hybridized carbons (Fsp3) is 0.389. The molecule has 0 bridgehead atoms. The van der Waals surface area contributed by atoms with Crippen molar-refractivity contribution in [3.63, 3.8) is 0 Å². The third kappa shape index (κ3) is 2.86. The van der Waals surface area contributed by atoms with Crippen molar-refractivity contribution in [1.29, 1.82) is 5.26 Å². The number of hydrogen-bond donors (Lipinski definition) is 2. The molecule has 2 atom stereocenters. The molecule has 0 heterocycles. The summed E-state index contributed by atoms with van der Waals surface area (Å²) >= 11 is 0. The lowest BCUT2D eigenvalue weighted by molar-refractivity contribution is 0.144. The lowest BCUT2D eigenvalue weighted by atomic mass is 10.0. The van der Waals surface area contributed by atoms with Gasteiger partial charge < -0.3 is 10.4 Å². The van der Waals surface area contributed by atoms with E-state index >= 15 is 0 Å². The summed E-state index contributed by atoms with van der Waals surface area (Å²) in [7, 11) is 0. The molecule has 1 aliphatic carbocycles. The van der Waals surface area contributed by atoms with Gasteiger partial charge in [-0.15, -0.1) is 0 Å². The molecular formula is C18H20N2O. The van der Waals surface area contributed by atoms with Crippen LogP contribution in [0.15, 0.2) is 36.4 Å². The van der Waals surface area contributed by atoms with Gasteiger partial charge in [-0.25, -0.2) is 0 Å². The Morgan fingerprint density at radius 1 is 1.00 bits per heavy atom. The van der Waals surface area contributed by atoms with Crippen molar-refractivity contribution in [2.75, 3.05) is 5.32 Å².